The van der Waals surface area contributed by atoms with Crippen molar-refractivity contribution in [3.8, 4) is 11.4 Å². The standard InChI is InChI=1S/C26H30ClN5O3/c1-18(2)19-6-8-20(9-7-19)26-29-24(35-30-26)11-10-23(33)28-17-25(34)32-14-12-31(13-15-32)22-5-3-4-21(27)16-22/h3-9,16,18H,10-15,17H2,1-2H3,(H,28,33). The number of hydrogen-bond donors (Lipinski definition) is 1. The van der Waals surface area contributed by atoms with Gasteiger partial charge in [0.25, 0.3) is 0 Å². The van der Waals surface area contributed by atoms with E-state index in [2.05, 4.69) is 46.3 Å². The Kier molecular flexibility index (Phi) is 8.02. The van der Waals surface area contributed by atoms with Crippen molar-refractivity contribution >= 4 is 29.1 Å². The van der Waals surface area contributed by atoms with Gasteiger partial charge in [-0.15, -0.1) is 0 Å². The van der Waals surface area contributed by atoms with Gasteiger partial charge in [0.2, 0.25) is 23.5 Å². The molecule has 8 nitrogen and oxygen atoms in total. The number of halogens is 1. The van der Waals surface area contributed by atoms with Gasteiger partial charge < -0.3 is 19.6 Å². The zero-order valence-corrected chi connectivity index (χ0v) is 20.8. The molecule has 2 amide bonds. The zero-order valence-electron chi connectivity index (χ0n) is 20.0. The molecule has 3 aromatic rings. The van der Waals surface area contributed by atoms with E-state index in [-0.39, 0.29) is 24.8 Å². The summed E-state index contributed by atoms with van der Waals surface area (Å²) in [4.78, 5) is 33.2. The Morgan fingerprint density at radius 2 is 1.83 bits per heavy atom. The minimum absolute atomic E-state index is 0.0206. The van der Waals surface area contributed by atoms with Crippen LogP contribution >= 0.6 is 11.6 Å². The predicted molar refractivity (Wildman–Crippen MR) is 135 cm³/mol. The Balaban J connectivity index is 1.18. The van der Waals surface area contributed by atoms with Gasteiger partial charge in [0.1, 0.15) is 0 Å². The lowest BCUT2D eigenvalue weighted by atomic mass is 10.0. The molecular weight excluding hydrogens is 466 g/mol. The van der Waals surface area contributed by atoms with Crippen LogP contribution in [0, 0.1) is 0 Å². The summed E-state index contributed by atoms with van der Waals surface area (Å²) in [6, 6.07) is 15.7. The molecule has 1 N–H and O–H groups in total. The van der Waals surface area contributed by atoms with E-state index < -0.39 is 0 Å². The number of carbonyl (C=O) groups excluding carboxylic acids is 2. The number of hydrogen-bond acceptors (Lipinski definition) is 6. The van der Waals surface area contributed by atoms with Crippen LogP contribution in [0.25, 0.3) is 11.4 Å². The van der Waals surface area contributed by atoms with E-state index in [0.29, 0.717) is 42.2 Å². The van der Waals surface area contributed by atoms with Crippen molar-refractivity contribution < 1.29 is 14.1 Å². The van der Waals surface area contributed by atoms with E-state index >= 15 is 0 Å². The first-order chi connectivity index (χ1) is 16.9. The number of aryl methyl sites for hydroxylation is 1. The number of aromatic nitrogens is 2. The number of piperazine rings is 1. The average molecular weight is 496 g/mol. The summed E-state index contributed by atoms with van der Waals surface area (Å²) in [6.07, 6.45) is 0.485. The lowest BCUT2D eigenvalue weighted by Crippen LogP contribution is -2.51. The summed E-state index contributed by atoms with van der Waals surface area (Å²) in [7, 11) is 0. The fourth-order valence-corrected chi connectivity index (χ4v) is 4.16. The van der Waals surface area contributed by atoms with Gasteiger partial charge in [-0.05, 0) is 29.7 Å². The number of nitrogens with zero attached hydrogens (tertiary/aromatic N) is 4. The zero-order chi connectivity index (χ0) is 24.8. The first kappa shape index (κ1) is 24.7. The smallest absolute Gasteiger partial charge is 0.242 e. The van der Waals surface area contributed by atoms with Gasteiger partial charge in [-0.25, -0.2) is 0 Å². The Bertz CT molecular complexity index is 1150. The summed E-state index contributed by atoms with van der Waals surface area (Å²) in [5.74, 6) is 1.04. The van der Waals surface area contributed by atoms with E-state index in [1.165, 1.54) is 5.56 Å². The molecule has 9 heteroatoms. The Morgan fingerprint density at radius 3 is 2.51 bits per heavy atom. The van der Waals surface area contributed by atoms with E-state index in [1.807, 2.05) is 36.4 Å². The normalized spacial score (nSPS) is 13.8. The Hall–Kier alpha value is -3.39. The lowest BCUT2D eigenvalue weighted by Gasteiger charge is -2.36. The summed E-state index contributed by atoms with van der Waals surface area (Å²) in [5, 5.41) is 7.42. The van der Waals surface area contributed by atoms with Crippen LogP contribution in [-0.2, 0) is 16.0 Å². The number of benzene rings is 2. The van der Waals surface area contributed by atoms with E-state index in [1.54, 1.807) is 4.90 Å². The third-order valence-electron chi connectivity index (χ3n) is 6.11. The molecule has 4 rings (SSSR count). The largest absolute Gasteiger partial charge is 0.368 e. The highest BCUT2D eigenvalue weighted by atomic mass is 35.5. The van der Waals surface area contributed by atoms with Crippen LogP contribution in [0.3, 0.4) is 0 Å². The number of carbonyl (C=O) groups is 2. The first-order valence-electron chi connectivity index (χ1n) is 11.9. The summed E-state index contributed by atoms with van der Waals surface area (Å²) in [5.41, 5.74) is 3.16. The molecule has 1 fully saturated rings. The van der Waals surface area contributed by atoms with Crippen molar-refractivity contribution in [2.75, 3.05) is 37.6 Å². The van der Waals surface area contributed by atoms with E-state index in [0.717, 1.165) is 24.3 Å². The fraction of sp³-hybridized carbons (Fsp3) is 0.385. The predicted octanol–water partition coefficient (Wildman–Crippen LogP) is 3.91. The number of amides is 2. The SMILES string of the molecule is CC(C)c1ccc(-c2noc(CCC(=O)NCC(=O)N3CCN(c4cccc(Cl)c4)CC3)n2)cc1. The van der Waals surface area contributed by atoms with Crippen LogP contribution in [0.4, 0.5) is 5.69 Å². The minimum atomic E-state index is -0.225. The van der Waals surface area contributed by atoms with Crippen molar-refractivity contribution in [1.29, 1.82) is 0 Å². The van der Waals surface area contributed by atoms with Crippen LogP contribution in [-0.4, -0.2) is 59.6 Å². The monoisotopic (exact) mass is 495 g/mol. The van der Waals surface area contributed by atoms with Crippen LogP contribution in [0.1, 0.15) is 37.6 Å². The van der Waals surface area contributed by atoms with Gasteiger partial charge in [0.05, 0.1) is 6.54 Å². The van der Waals surface area contributed by atoms with Crippen molar-refractivity contribution in [2.24, 2.45) is 0 Å². The molecule has 0 spiro atoms. The minimum Gasteiger partial charge on any atom is -0.368 e. The van der Waals surface area contributed by atoms with Crippen molar-refractivity contribution in [1.82, 2.24) is 20.4 Å². The molecule has 1 saturated heterocycles. The quantitative estimate of drug-likeness (QED) is 0.509. The third-order valence-corrected chi connectivity index (χ3v) is 6.35. The maximum absolute atomic E-state index is 12.5. The second kappa shape index (κ2) is 11.4. The highest BCUT2D eigenvalue weighted by Crippen LogP contribution is 2.22. The molecule has 0 aliphatic carbocycles. The summed E-state index contributed by atoms with van der Waals surface area (Å²) in [6.45, 7) is 6.91. The molecule has 0 unspecified atom stereocenters. The maximum Gasteiger partial charge on any atom is 0.242 e. The molecule has 0 radical (unpaired) electrons. The summed E-state index contributed by atoms with van der Waals surface area (Å²) >= 11 is 6.08. The molecule has 0 saturated carbocycles. The topological polar surface area (TPSA) is 91.6 Å². The molecule has 0 atom stereocenters. The molecular formula is C26H30ClN5O3. The number of anilines is 1. The van der Waals surface area contributed by atoms with E-state index in [9.17, 15) is 9.59 Å². The summed E-state index contributed by atoms with van der Waals surface area (Å²) < 4.78 is 5.29. The molecule has 0 bridgehead atoms. The highest BCUT2D eigenvalue weighted by Gasteiger charge is 2.22. The molecule has 1 aliphatic rings. The highest BCUT2D eigenvalue weighted by molar-refractivity contribution is 6.30. The van der Waals surface area contributed by atoms with Gasteiger partial charge in [-0.2, -0.15) is 4.98 Å². The van der Waals surface area contributed by atoms with Crippen LogP contribution in [0.2, 0.25) is 5.02 Å². The Morgan fingerprint density at radius 1 is 1.09 bits per heavy atom. The van der Waals surface area contributed by atoms with Crippen molar-refractivity contribution in [3.05, 3.63) is 65.0 Å². The van der Waals surface area contributed by atoms with Gasteiger partial charge in [0.15, 0.2) is 0 Å². The molecule has 35 heavy (non-hydrogen) atoms. The van der Waals surface area contributed by atoms with Gasteiger partial charge in [-0.1, -0.05) is 60.9 Å². The molecule has 2 aromatic carbocycles. The van der Waals surface area contributed by atoms with Crippen LogP contribution in [0.5, 0.6) is 0 Å². The van der Waals surface area contributed by atoms with Crippen LogP contribution < -0.4 is 10.2 Å². The second-order valence-electron chi connectivity index (χ2n) is 8.91. The van der Waals surface area contributed by atoms with Crippen LogP contribution in [0.15, 0.2) is 53.1 Å². The van der Waals surface area contributed by atoms with Gasteiger partial charge in [0, 0.05) is 55.3 Å². The molecule has 1 aliphatic heterocycles. The average Bonchev–Trinajstić information content (AvgIpc) is 3.35. The van der Waals surface area contributed by atoms with Crippen molar-refractivity contribution in [2.45, 2.75) is 32.6 Å². The molecule has 2 heterocycles. The van der Waals surface area contributed by atoms with Gasteiger partial charge >= 0.3 is 0 Å². The number of nitrogens with one attached hydrogen (secondary N) is 1. The molecule has 1 aromatic heterocycles. The molecule has 184 valence electrons. The van der Waals surface area contributed by atoms with Crippen molar-refractivity contribution in [3.63, 3.8) is 0 Å². The van der Waals surface area contributed by atoms with E-state index in [4.69, 9.17) is 16.1 Å². The fourth-order valence-electron chi connectivity index (χ4n) is 3.97. The second-order valence-corrected chi connectivity index (χ2v) is 9.35. The van der Waals surface area contributed by atoms with Gasteiger partial charge in [-0.3, -0.25) is 9.59 Å². The Labute approximate surface area is 210 Å². The third kappa shape index (κ3) is 6.60. The maximum atomic E-state index is 12.5. The lowest BCUT2D eigenvalue weighted by molar-refractivity contribution is -0.133. The first-order valence-corrected chi connectivity index (χ1v) is 12.2. The number of rotatable bonds is 8.